The lowest BCUT2D eigenvalue weighted by atomic mass is 9.62. The summed E-state index contributed by atoms with van der Waals surface area (Å²) in [4.78, 5) is 0. The Kier molecular flexibility index (Phi) is 5.12. The first-order chi connectivity index (χ1) is 12.0. The van der Waals surface area contributed by atoms with Gasteiger partial charge in [0, 0.05) is 0 Å². The molecule has 6 nitrogen and oxygen atoms in total. The van der Waals surface area contributed by atoms with Gasteiger partial charge in [-0.25, -0.2) is 0 Å². The van der Waals surface area contributed by atoms with E-state index in [-0.39, 0.29) is 5.41 Å². The molecule has 0 aliphatic carbocycles. The Balaban J connectivity index is 1.55. The van der Waals surface area contributed by atoms with E-state index in [2.05, 4.69) is 6.92 Å². The van der Waals surface area contributed by atoms with E-state index < -0.39 is 5.66 Å². The largest absolute Gasteiger partial charge is 0.373 e. The molecular formula is C19H34N2O4. The van der Waals surface area contributed by atoms with Crippen LogP contribution in [0.2, 0.25) is 0 Å². The Morgan fingerprint density at radius 3 is 1.64 bits per heavy atom. The molecule has 4 aliphatic rings. The maximum atomic E-state index is 6.50. The van der Waals surface area contributed by atoms with Crippen LogP contribution in [0.15, 0.2) is 0 Å². The second kappa shape index (κ2) is 7.06. The topological polar surface area (TPSA) is 102 Å². The minimum Gasteiger partial charge on any atom is -0.373 e. The maximum absolute atomic E-state index is 6.50. The van der Waals surface area contributed by atoms with Crippen molar-refractivity contribution in [2.75, 3.05) is 26.4 Å². The average molecular weight is 354 g/mol. The highest BCUT2D eigenvalue weighted by molar-refractivity contribution is 5.01. The monoisotopic (exact) mass is 354 g/mol. The van der Waals surface area contributed by atoms with Gasteiger partial charge in [-0.05, 0) is 49.9 Å². The zero-order valence-corrected chi connectivity index (χ0v) is 15.5. The third-order valence-corrected chi connectivity index (χ3v) is 6.27. The van der Waals surface area contributed by atoms with Crippen LogP contribution in [0.25, 0.3) is 0 Å². The highest BCUT2D eigenvalue weighted by Gasteiger charge is 2.52. The molecule has 4 saturated heterocycles. The predicted octanol–water partition coefficient (Wildman–Crippen LogP) is 1.55. The molecule has 0 aromatic rings. The summed E-state index contributed by atoms with van der Waals surface area (Å²) in [6.45, 7) is 5.68. The van der Waals surface area contributed by atoms with Gasteiger partial charge in [0.2, 0.25) is 0 Å². The van der Waals surface area contributed by atoms with Gasteiger partial charge >= 0.3 is 0 Å². The van der Waals surface area contributed by atoms with Crippen LogP contribution < -0.4 is 11.5 Å². The lowest BCUT2D eigenvalue weighted by Gasteiger charge is -2.44. The van der Waals surface area contributed by atoms with Crippen LogP contribution in [0.3, 0.4) is 0 Å². The summed E-state index contributed by atoms with van der Waals surface area (Å²) in [7, 11) is 0. The van der Waals surface area contributed by atoms with Crippen LogP contribution in [0.4, 0.5) is 0 Å². The highest BCUT2D eigenvalue weighted by Crippen LogP contribution is 2.52. The van der Waals surface area contributed by atoms with Gasteiger partial charge < -0.3 is 30.4 Å². The third-order valence-electron chi connectivity index (χ3n) is 6.27. The van der Waals surface area contributed by atoms with Gasteiger partial charge in [-0.1, -0.05) is 13.3 Å². The van der Waals surface area contributed by atoms with Crippen LogP contribution in [0.5, 0.6) is 0 Å². The zero-order chi connectivity index (χ0) is 17.5. The van der Waals surface area contributed by atoms with E-state index in [1.54, 1.807) is 0 Å². The molecular weight excluding hydrogens is 320 g/mol. The average Bonchev–Trinajstić information content (AvgIpc) is 3.37. The first kappa shape index (κ1) is 18.1. The predicted molar refractivity (Wildman–Crippen MR) is 94.0 cm³/mol. The first-order valence-corrected chi connectivity index (χ1v) is 10.0. The molecule has 5 unspecified atom stereocenters. The third kappa shape index (κ3) is 5.37. The molecule has 0 aromatic carbocycles. The van der Waals surface area contributed by atoms with E-state index in [1.165, 1.54) is 0 Å². The van der Waals surface area contributed by atoms with Gasteiger partial charge in [-0.3, -0.25) is 0 Å². The Labute approximate surface area is 150 Å². The number of hydrogen-bond acceptors (Lipinski definition) is 6. The Morgan fingerprint density at radius 2 is 1.28 bits per heavy atom. The van der Waals surface area contributed by atoms with E-state index in [0.717, 1.165) is 71.4 Å². The normalized spacial score (nSPS) is 36.6. The summed E-state index contributed by atoms with van der Waals surface area (Å²) < 4.78 is 22.5. The minimum atomic E-state index is -0.612. The van der Waals surface area contributed by atoms with Crippen LogP contribution in [0.1, 0.15) is 51.9 Å². The molecule has 144 valence electrons. The second-order valence-electron chi connectivity index (χ2n) is 8.92. The Bertz CT molecular complexity index is 420. The summed E-state index contributed by atoms with van der Waals surface area (Å²) in [6, 6.07) is 0. The molecule has 4 rings (SSSR count). The van der Waals surface area contributed by atoms with Crippen molar-refractivity contribution in [3.05, 3.63) is 0 Å². The summed E-state index contributed by atoms with van der Waals surface area (Å²) in [5.74, 6) is 0.430. The molecule has 6 heteroatoms. The standard InChI is InChI=1S/C19H34N2O4/c1-2-3-19(20,21)5-13(4-14-9-22-14)18(6-15-10-23-15,7-16-11-24-16)8-17-12-25-17/h13-17H,2-12,20-21H2,1H3. The number of nitrogens with two attached hydrogens (primary N) is 2. The molecule has 4 aliphatic heterocycles. The van der Waals surface area contributed by atoms with Crippen molar-refractivity contribution in [2.24, 2.45) is 22.8 Å². The van der Waals surface area contributed by atoms with Crippen molar-refractivity contribution >= 4 is 0 Å². The first-order valence-electron chi connectivity index (χ1n) is 10.0. The number of rotatable bonds is 13. The van der Waals surface area contributed by atoms with Gasteiger partial charge in [-0.15, -0.1) is 0 Å². The Hall–Kier alpha value is -0.240. The minimum absolute atomic E-state index is 0.132. The molecule has 25 heavy (non-hydrogen) atoms. The quantitative estimate of drug-likeness (QED) is 0.384. The van der Waals surface area contributed by atoms with Crippen LogP contribution in [-0.4, -0.2) is 56.5 Å². The Morgan fingerprint density at radius 1 is 0.840 bits per heavy atom. The summed E-state index contributed by atoms with van der Waals surface area (Å²) >= 11 is 0. The van der Waals surface area contributed by atoms with E-state index in [0.29, 0.717) is 30.3 Å². The van der Waals surface area contributed by atoms with Gasteiger partial charge in [0.15, 0.2) is 0 Å². The van der Waals surface area contributed by atoms with Crippen LogP contribution in [0, 0.1) is 11.3 Å². The fourth-order valence-electron chi connectivity index (χ4n) is 4.77. The van der Waals surface area contributed by atoms with E-state index >= 15 is 0 Å². The molecule has 0 spiro atoms. The van der Waals surface area contributed by atoms with E-state index in [4.69, 9.17) is 30.4 Å². The SMILES string of the molecule is CCCC(N)(N)CC(CC1CO1)C(CC1CO1)(CC1CO1)CC1CO1. The number of hydrogen-bond donors (Lipinski definition) is 2. The van der Waals surface area contributed by atoms with Crippen molar-refractivity contribution in [2.45, 2.75) is 81.9 Å². The lowest BCUT2D eigenvalue weighted by Crippen LogP contribution is -2.53. The van der Waals surface area contributed by atoms with Crippen molar-refractivity contribution in [1.82, 2.24) is 0 Å². The van der Waals surface area contributed by atoms with Gasteiger partial charge in [-0.2, -0.15) is 0 Å². The zero-order valence-electron chi connectivity index (χ0n) is 15.5. The van der Waals surface area contributed by atoms with Gasteiger partial charge in [0.1, 0.15) is 0 Å². The van der Waals surface area contributed by atoms with Gasteiger partial charge in [0.05, 0.1) is 56.5 Å². The van der Waals surface area contributed by atoms with Gasteiger partial charge in [0.25, 0.3) is 0 Å². The van der Waals surface area contributed by atoms with E-state index in [1.807, 2.05) is 0 Å². The van der Waals surface area contributed by atoms with Crippen molar-refractivity contribution < 1.29 is 18.9 Å². The second-order valence-corrected chi connectivity index (χ2v) is 8.92. The molecule has 5 atom stereocenters. The van der Waals surface area contributed by atoms with E-state index in [9.17, 15) is 0 Å². The lowest BCUT2D eigenvalue weighted by molar-refractivity contribution is 0.0452. The van der Waals surface area contributed by atoms with Crippen molar-refractivity contribution in [1.29, 1.82) is 0 Å². The number of epoxide rings is 4. The fraction of sp³-hybridized carbons (Fsp3) is 1.00. The molecule has 0 amide bonds. The van der Waals surface area contributed by atoms with Crippen LogP contribution >= 0.6 is 0 Å². The summed E-state index contributed by atoms with van der Waals surface area (Å²) in [6.07, 6.45) is 8.51. The summed E-state index contributed by atoms with van der Waals surface area (Å²) in [5.41, 5.74) is 12.5. The molecule has 4 N–H and O–H groups in total. The molecule has 0 radical (unpaired) electrons. The molecule has 4 fully saturated rings. The molecule has 0 aromatic heterocycles. The summed E-state index contributed by atoms with van der Waals surface area (Å²) in [5, 5.41) is 0. The molecule has 0 saturated carbocycles. The maximum Gasteiger partial charge on any atom is 0.0815 e. The molecule has 4 heterocycles. The number of ether oxygens (including phenoxy) is 4. The smallest absolute Gasteiger partial charge is 0.0815 e. The van der Waals surface area contributed by atoms with Crippen molar-refractivity contribution in [3.63, 3.8) is 0 Å². The fourth-order valence-corrected chi connectivity index (χ4v) is 4.77. The van der Waals surface area contributed by atoms with Crippen molar-refractivity contribution in [3.8, 4) is 0 Å². The molecule has 0 bridgehead atoms. The van der Waals surface area contributed by atoms with Crippen LogP contribution in [-0.2, 0) is 18.9 Å². The highest BCUT2D eigenvalue weighted by atomic mass is 16.6.